The van der Waals surface area contributed by atoms with Gasteiger partial charge in [0, 0.05) is 29.9 Å². The van der Waals surface area contributed by atoms with Crippen LogP contribution in [0.15, 0.2) is 60.3 Å². The molecule has 2 aromatic carbocycles. The molecule has 4 nitrogen and oxygen atoms in total. The molecule has 0 aromatic heterocycles. The van der Waals surface area contributed by atoms with Gasteiger partial charge in [-0.2, -0.15) is 0 Å². The van der Waals surface area contributed by atoms with Crippen LogP contribution in [0.3, 0.4) is 0 Å². The van der Waals surface area contributed by atoms with Crippen LogP contribution in [-0.2, 0) is 9.59 Å². The van der Waals surface area contributed by atoms with Gasteiger partial charge >= 0.3 is 0 Å². The van der Waals surface area contributed by atoms with E-state index >= 15 is 0 Å². The number of carbonyl (C=O) groups is 2. The second kappa shape index (κ2) is 6.39. The first-order chi connectivity index (χ1) is 12.0. The number of hydrogen-bond acceptors (Lipinski definition) is 3. The first-order valence-corrected chi connectivity index (χ1v) is 7.52. The van der Waals surface area contributed by atoms with Crippen LogP contribution in [0.2, 0.25) is 0 Å². The molecule has 0 unspecified atom stereocenters. The van der Waals surface area contributed by atoms with Gasteiger partial charge in [-0.1, -0.05) is 11.8 Å². The summed E-state index contributed by atoms with van der Waals surface area (Å²) in [6, 6.07) is 13.9. The molecular formula is C21H14N2O2. The van der Waals surface area contributed by atoms with Gasteiger partial charge in [-0.15, -0.1) is 12.8 Å². The molecule has 0 spiro atoms. The number of likely N-dealkylation sites (N-methyl/N-ethyl adjacent to an activating group) is 1. The number of carbonyl (C=O) groups excluding carboxylic acids is 2. The summed E-state index contributed by atoms with van der Waals surface area (Å²) in [5.74, 6) is 4.27. The Kier molecular flexibility index (Phi) is 4.12. The highest BCUT2D eigenvalue weighted by Crippen LogP contribution is 2.27. The zero-order chi connectivity index (χ0) is 18.0. The predicted octanol–water partition coefficient (Wildman–Crippen LogP) is 2.54. The number of imide groups is 1. The van der Waals surface area contributed by atoms with Crippen LogP contribution in [0.5, 0.6) is 0 Å². The third-order valence-electron chi connectivity index (χ3n) is 3.98. The Morgan fingerprint density at radius 1 is 0.880 bits per heavy atom. The molecule has 120 valence electrons. The molecule has 4 heteroatoms. The third-order valence-corrected chi connectivity index (χ3v) is 3.98. The summed E-state index contributed by atoms with van der Waals surface area (Å²) in [5, 5.41) is 0. The minimum Gasteiger partial charge on any atom is -0.340 e. The summed E-state index contributed by atoms with van der Waals surface area (Å²) in [5.41, 5.74) is 2.96. The van der Waals surface area contributed by atoms with Crippen molar-refractivity contribution in [2.75, 3.05) is 16.8 Å². The van der Waals surface area contributed by atoms with Crippen molar-refractivity contribution in [1.82, 2.24) is 0 Å². The molecule has 3 rings (SSSR count). The maximum Gasteiger partial charge on any atom is 0.282 e. The van der Waals surface area contributed by atoms with Crippen molar-refractivity contribution < 1.29 is 9.59 Å². The Morgan fingerprint density at radius 2 is 1.40 bits per heavy atom. The van der Waals surface area contributed by atoms with Crippen molar-refractivity contribution in [1.29, 1.82) is 0 Å². The van der Waals surface area contributed by atoms with E-state index in [0.29, 0.717) is 16.9 Å². The van der Waals surface area contributed by atoms with Gasteiger partial charge in [0.15, 0.2) is 0 Å². The molecule has 0 N–H and O–H groups in total. The van der Waals surface area contributed by atoms with Crippen LogP contribution in [-0.4, -0.2) is 18.9 Å². The zero-order valence-corrected chi connectivity index (χ0v) is 13.6. The fourth-order valence-corrected chi connectivity index (χ4v) is 2.57. The van der Waals surface area contributed by atoms with Crippen molar-refractivity contribution in [2.24, 2.45) is 0 Å². The molecular weight excluding hydrogens is 312 g/mol. The van der Waals surface area contributed by atoms with E-state index in [0.717, 1.165) is 16.2 Å². The molecule has 0 bridgehead atoms. The number of benzene rings is 2. The Bertz CT molecular complexity index is 955. The van der Waals surface area contributed by atoms with Crippen molar-refractivity contribution in [3.05, 3.63) is 71.4 Å². The average Bonchev–Trinajstić information content (AvgIpc) is 2.95. The first kappa shape index (κ1) is 16.1. The molecule has 1 aliphatic rings. The number of nitrogens with zero attached hydrogens (tertiary/aromatic N) is 2. The summed E-state index contributed by atoms with van der Waals surface area (Å²) in [7, 11) is 1.73. The van der Waals surface area contributed by atoms with Gasteiger partial charge in [0.1, 0.15) is 5.70 Å². The molecule has 2 aromatic rings. The average molecular weight is 326 g/mol. The lowest BCUT2D eigenvalue weighted by atomic mass is 10.2. The van der Waals surface area contributed by atoms with Gasteiger partial charge in [0.2, 0.25) is 0 Å². The van der Waals surface area contributed by atoms with Crippen LogP contribution in [0.25, 0.3) is 0 Å². The Morgan fingerprint density at radius 3 is 1.92 bits per heavy atom. The van der Waals surface area contributed by atoms with Crippen LogP contribution < -0.4 is 9.80 Å². The zero-order valence-electron chi connectivity index (χ0n) is 13.6. The van der Waals surface area contributed by atoms with Gasteiger partial charge in [0.05, 0.1) is 5.69 Å². The van der Waals surface area contributed by atoms with Gasteiger partial charge in [-0.25, -0.2) is 4.90 Å². The van der Waals surface area contributed by atoms with Crippen LogP contribution in [0.4, 0.5) is 11.4 Å². The van der Waals surface area contributed by atoms with Crippen LogP contribution in [0, 0.1) is 24.7 Å². The summed E-state index contributed by atoms with van der Waals surface area (Å²) in [6.07, 6.45) is 12.0. The van der Waals surface area contributed by atoms with Gasteiger partial charge in [-0.3, -0.25) is 9.59 Å². The Hall–Kier alpha value is -3.76. The fraction of sp³-hybridized carbons (Fsp3) is 0.0476. The third kappa shape index (κ3) is 2.89. The van der Waals surface area contributed by atoms with E-state index in [2.05, 4.69) is 11.8 Å². The maximum atomic E-state index is 12.7. The monoisotopic (exact) mass is 326 g/mol. The molecule has 0 radical (unpaired) electrons. The SMILES string of the molecule is C#Cc1ccc(N(C)C2=CC(=O)N(c3ccc(C#C)cc3)C2=O)cc1. The van der Waals surface area contributed by atoms with E-state index in [-0.39, 0.29) is 11.8 Å². The van der Waals surface area contributed by atoms with E-state index in [1.165, 1.54) is 6.08 Å². The second-order valence-electron chi connectivity index (χ2n) is 5.45. The lowest BCUT2D eigenvalue weighted by Crippen LogP contribution is -2.34. The maximum absolute atomic E-state index is 12.7. The molecule has 0 saturated carbocycles. The van der Waals surface area contributed by atoms with Crippen LogP contribution in [0.1, 0.15) is 11.1 Å². The molecule has 25 heavy (non-hydrogen) atoms. The van der Waals surface area contributed by atoms with Crippen LogP contribution >= 0.6 is 0 Å². The number of anilines is 2. The Labute approximate surface area is 146 Å². The van der Waals surface area contributed by atoms with Crippen molar-refractivity contribution in [3.8, 4) is 24.7 Å². The second-order valence-corrected chi connectivity index (χ2v) is 5.45. The number of rotatable bonds is 3. The van der Waals surface area contributed by atoms with E-state index in [1.54, 1.807) is 60.5 Å². The number of terminal acetylenes is 2. The number of hydrogen-bond donors (Lipinski definition) is 0. The fourth-order valence-electron chi connectivity index (χ4n) is 2.57. The van der Waals surface area contributed by atoms with Crippen molar-refractivity contribution in [3.63, 3.8) is 0 Å². The predicted molar refractivity (Wildman–Crippen MR) is 97.7 cm³/mol. The summed E-state index contributed by atoms with van der Waals surface area (Å²) >= 11 is 0. The normalized spacial score (nSPS) is 13.2. The summed E-state index contributed by atoms with van der Waals surface area (Å²) < 4.78 is 0. The molecule has 0 saturated heterocycles. The van der Waals surface area contributed by atoms with Gasteiger partial charge < -0.3 is 4.90 Å². The number of amides is 2. The topological polar surface area (TPSA) is 40.6 Å². The Balaban J connectivity index is 1.87. The summed E-state index contributed by atoms with van der Waals surface area (Å²) in [6.45, 7) is 0. The lowest BCUT2D eigenvalue weighted by Gasteiger charge is -2.21. The van der Waals surface area contributed by atoms with Crippen molar-refractivity contribution in [2.45, 2.75) is 0 Å². The van der Waals surface area contributed by atoms with E-state index < -0.39 is 0 Å². The molecule has 1 heterocycles. The van der Waals surface area contributed by atoms with Gasteiger partial charge in [-0.05, 0) is 48.5 Å². The van der Waals surface area contributed by atoms with Gasteiger partial charge in [0.25, 0.3) is 11.8 Å². The highest BCUT2D eigenvalue weighted by atomic mass is 16.2. The van der Waals surface area contributed by atoms with E-state index in [1.807, 2.05) is 0 Å². The quantitative estimate of drug-likeness (QED) is 0.643. The summed E-state index contributed by atoms with van der Waals surface area (Å²) in [4.78, 5) is 27.8. The molecule has 0 aliphatic carbocycles. The van der Waals surface area contributed by atoms with E-state index in [9.17, 15) is 9.59 Å². The van der Waals surface area contributed by atoms with E-state index in [4.69, 9.17) is 12.8 Å². The highest BCUT2D eigenvalue weighted by Gasteiger charge is 2.34. The molecule has 0 fully saturated rings. The smallest absolute Gasteiger partial charge is 0.282 e. The lowest BCUT2D eigenvalue weighted by molar-refractivity contribution is -0.120. The largest absolute Gasteiger partial charge is 0.340 e. The van der Waals surface area contributed by atoms with Crippen molar-refractivity contribution >= 4 is 23.2 Å². The molecule has 1 aliphatic heterocycles. The minimum atomic E-state index is -0.388. The minimum absolute atomic E-state index is 0.291. The highest BCUT2D eigenvalue weighted by molar-refractivity contribution is 6.31. The first-order valence-electron chi connectivity index (χ1n) is 7.52. The molecule has 2 amide bonds. The standard InChI is InChI=1S/C21H14N2O2/c1-4-15-6-10-17(11-7-15)22(3)19-14-20(24)23(21(19)25)18-12-8-16(5-2)9-13-18/h1-2,6-14H,3H3. The molecule has 0 atom stereocenters.